The zero-order valence-corrected chi connectivity index (χ0v) is 25.8. The standard InChI is InChI=1S/C25H29N11O9S2/c26-13-5-14(6-13)31-21(27)12-1-3-15(4-2-12)44-8-18(24(39)40)45-34-19(16-9-46-25(28)32-16)22(37)33-20-17(7-35-11-29-10-30-35)36(23(20)38)47(41,42)43/h1-4,9-11,13-14,17-18,20H,5-8,26H2,(H2,27,31)(H2,28,32)(H,33,37)(H,39,40)(H,41,42,43). The Labute approximate surface area is 270 Å². The molecule has 1 saturated heterocycles. The van der Waals surface area contributed by atoms with Crippen LogP contribution in [0, 0.1) is 0 Å². The SMILES string of the molecule is NC(=NC1CC(N)C1)c1ccc(OCC(ON=C(C(=O)NC2C(=O)N(S(=O)(=O)O)C2Cn2cncn2)c2csc(N)n2)C(=O)O)cc1. The van der Waals surface area contributed by atoms with Gasteiger partial charge in [0.1, 0.15) is 42.6 Å². The molecule has 3 aromatic rings. The van der Waals surface area contributed by atoms with Gasteiger partial charge in [0, 0.05) is 17.0 Å². The van der Waals surface area contributed by atoms with Crippen molar-refractivity contribution in [1.29, 1.82) is 0 Å². The third-order valence-corrected chi connectivity index (χ3v) is 8.72. The van der Waals surface area contributed by atoms with Gasteiger partial charge in [0.15, 0.2) is 10.8 Å². The highest BCUT2D eigenvalue weighted by molar-refractivity contribution is 7.84. The van der Waals surface area contributed by atoms with E-state index in [-0.39, 0.29) is 39.5 Å². The van der Waals surface area contributed by atoms with E-state index in [1.807, 2.05) is 0 Å². The zero-order valence-electron chi connectivity index (χ0n) is 24.2. The number of nitrogens with one attached hydrogen (secondary N) is 1. The van der Waals surface area contributed by atoms with E-state index >= 15 is 0 Å². The number of nitrogens with two attached hydrogens (primary N) is 3. The number of anilines is 1. The second-order valence-electron chi connectivity index (χ2n) is 10.4. The molecule has 47 heavy (non-hydrogen) atoms. The number of rotatable bonds is 14. The van der Waals surface area contributed by atoms with Gasteiger partial charge in [0.05, 0.1) is 18.6 Å². The Morgan fingerprint density at radius 1 is 1.23 bits per heavy atom. The first-order chi connectivity index (χ1) is 22.3. The predicted molar refractivity (Wildman–Crippen MR) is 163 cm³/mol. The minimum Gasteiger partial charge on any atom is -0.489 e. The maximum atomic E-state index is 13.3. The van der Waals surface area contributed by atoms with Crippen molar-refractivity contribution in [3.8, 4) is 5.75 Å². The molecule has 5 rings (SSSR count). The number of nitrogens with zero attached hydrogens (tertiary/aromatic N) is 7. The summed E-state index contributed by atoms with van der Waals surface area (Å²) >= 11 is 0.935. The quantitative estimate of drug-likeness (QED) is 0.0349. The van der Waals surface area contributed by atoms with Crippen LogP contribution >= 0.6 is 11.3 Å². The number of carboxylic acids is 1. The van der Waals surface area contributed by atoms with Gasteiger partial charge in [-0.3, -0.25) is 23.8 Å². The molecular formula is C25H29N11O9S2. The first kappa shape index (κ1) is 33.2. The van der Waals surface area contributed by atoms with Crippen molar-refractivity contribution in [1.82, 2.24) is 29.4 Å². The number of aliphatic imine (C=N–C) groups is 1. The van der Waals surface area contributed by atoms with Crippen molar-refractivity contribution in [2.75, 3.05) is 12.3 Å². The van der Waals surface area contributed by atoms with Crippen molar-refractivity contribution >= 4 is 56.1 Å². The number of benzene rings is 1. The number of aliphatic carboxylic acids is 1. The lowest BCUT2D eigenvalue weighted by Gasteiger charge is -2.43. The summed E-state index contributed by atoms with van der Waals surface area (Å²) in [6.45, 7) is -0.808. The number of carbonyl (C=O) groups excluding carboxylic acids is 2. The average molecular weight is 692 g/mol. The monoisotopic (exact) mass is 691 g/mol. The molecule has 3 unspecified atom stereocenters. The summed E-state index contributed by atoms with van der Waals surface area (Å²) in [6, 6.07) is 3.85. The number of β-lactam (4-membered cyclic amide) rings is 1. The molecule has 0 spiro atoms. The largest absolute Gasteiger partial charge is 0.489 e. The Balaban J connectivity index is 1.27. The lowest BCUT2D eigenvalue weighted by Crippen LogP contribution is -2.73. The molecule has 2 aromatic heterocycles. The minimum absolute atomic E-state index is 0.0327. The van der Waals surface area contributed by atoms with E-state index in [0.29, 0.717) is 11.4 Å². The number of hydrogen-bond acceptors (Lipinski definition) is 15. The van der Waals surface area contributed by atoms with Crippen molar-refractivity contribution < 1.29 is 42.0 Å². The summed E-state index contributed by atoms with van der Waals surface area (Å²) in [5.41, 5.74) is 17.5. The Kier molecular flexibility index (Phi) is 9.64. The third-order valence-electron chi connectivity index (χ3n) is 7.09. The molecule has 22 heteroatoms. The summed E-state index contributed by atoms with van der Waals surface area (Å²) in [7, 11) is -4.98. The first-order valence-corrected chi connectivity index (χ1v) is 16.0. The molecular weight excluding hydrogens is 662 g/mol. The lowest BCUT2D eigenvalue weighted by molar-refractivity contribution is -0.152. The van der Waals surface area contributed by atoms with Crippen LogP contribution in [-0.2, 0) is 36.1 Å². The predicted octanol–water partition coefficient (Wildman–Crippen LogP) is -2.04. The van der Waals surface area contributed by atoms with Crippen molar-refractivity contribution in [2.45, 2.75) is 49.7 Å². The Morgan fingerprint density at radius 2 is 1.96 bits per heavy atom. The maximum Gasteiger partial charge on any atom is 0.362 e. The number of amidine groups is 1. The fourth-order valence-electron chi connectivity index (χ4n) is 4.63. The van der Waals surface area contributed by atoms with Crippen molar-refractivity contribution in [3.05, 3.63) is 53.6 Å². The molecule has 1 aromatic carbocycles. The van der Waals surface area contributed by atoms with E-state index in [4.69, 9.17) is 26.8 Å². The van der Waals surface area contributed by atoms with E-state index in [1.165, 1.54) is 16.4 Å². The average Bonchev–Trinajstić information content (AvgIpc) is 3.67. The van der Waals surface area contributed by atoms with Crippen molar-refractivity contribution in [2.24, 2.45) is 21.6 Å². The van der Waals surface area contributed by atoms with Crippen LogP contribution in [0.2, 0.25) is 0 Å². The summed E-state index contributed by atoms with van der Waals surface area (Å²) in [6.07, 6.45) is 2.20. The number of hydrogen-bond donors (Lipinski definition) is 6. The lowest BCUT2D eigenvalue weighted by atomic mass is 9.88. The van der Waals surface area contributed by atoms with Crippen LogP contribution in [0.1, 0.15) is 24.1 Å². The number of thiazole rings is 1. The topological polar surface area (TPSA) is 306 Å². The molecule has 1 aliphatic heterocycles. The minimum atomic E-state index is -4.98. The van der Waals surface area contributed by atoms with E-state index < -0.39 is 58.6 Å². The molecule has 3 atom stereocenters. The molecule has 2 fully saturated rings. The van der Waals surface area contributed by atoms with Crippen LogP contribution in [-0.4, -0.2) is 108 Å². The van der Waals surface area contributed by atoms with E-state index in [0.717, 1.165) is 30.5 Å². The molecule has 0 radical (unpaired) electrons. The highest BCUT2D eigenvalue weighted by Gasteiger charge is 2.54. The number of oxime groups is 1. The zero-order chi connectivity index (χ0) is 33.9. The normalized spacial score (nSPS) is 22.2. The number of carboxylic acid groups (broad SMARTS) is 1. The number of amides is 2. The van der Waals surface area contributed by atoms with Crippen LogP contribution in [0.3, 0.4) is 0 Å². The Hall–Kier alpha value is -5.19. The van der Waals surface area contributed by atoms with Crippen LogP contribution in [0.4, 0.5) is 5.13 Å². The second kappa shape index (κ2) is 13.7. The summed E-state index contributed by atoms with van der Waals surface area (Å²) < 4.78 is 40.1. The number of ether oxygens (including phenoxy) is 1. The number of nitrogen functional groups attached to an aromatic ring is 1. The van der Waals surface area contributed by atoms with Crippen LogP contribution in [0.5, 0.6) is 5.75 Å². The van der Waals surface area contributed by atoms with Gasteiger partial charge in [-0.15, -0.1) is 11.3 Å². The third kappa shape index (κ3) is 7.79. The molecule has 2 amide bonds. The Morgan fingerprint density at radius 3 is 2.53 bits per heavy atom. The van der Waals surface area contributed by atoms with Crippen molar-refractivity contribution in [3.63, 3.8) is 0 Å². The molecule has 1 saturated carbocycles. The second-order valence-corrected chi connectivity index (χ2v) is 12.6. The van der Waals surface area contributed by atoms with Crippen LogP contribution in [0.15, 0.2) is 52.4 Å². The molecule has 20 nitrogen and oxygen atoms in total. The molecule has 9 N–H and O–H groups in total. The molecule has 2 aliphatic rings. The highest BCUT2D eigenvalue weighted by Crippen LogP contribution is 2.26. The molecule has 0 bridgehead atoms. The first-order valence-electron chi connectivity index (χ1n) is 13.7. The van der Waals surface area contributed by atoms with E-state index in [2.05, 4.69) is 30.5 Å². The fourth-order valence-corrected chi connectivity index (χ4v) is 6.05. The van der Waals surface area contributed by atoms with Gasteiger partial charge in [0.25, 0.3) is 17.9 Å². The van der Waals surface area contributed by atoms with Crippen LogP contribution < -0.4 is 27.3 Å². The van der Waals surface area contributed by atoms with Gasteiger partial charge in [-0.2, -0.15) is 13.5 Å². The Bertz CT molecular complexity index is 1790. The number of aromatic nitrogens is 4. The van der Waals surface area contributed by atoms with E-state index in [1.54, 1.807) is 24.3 Å². The molecule has 1 aliphatic carbocycles. The highest BCUT2D eigenvalue weighted by atomic mass is 32.2. The fraction of sp³-hybridized carbons (Fsp3) is 0.360. The van der Waals surface area contributed by atoms with E-state index in [9.17, 15) is 32.5 Å². The van der Waals surface area contributed by atoms with Crippen LogP contribution in [0.25, 0.3) is 0 Å². The van der Waals surface area contributed by atoms with Gasteiger partial charge in [-0.1, -0.05) is 5.16 Å². The molecule has 3 heterocycles. The van der Waals surface area contributed by atoms with Gasteiger partial charge in [-0.25, -0.2) is 19.1 Å². The van der Waals surface area contributed by atoms with Gasteiger partial charge < -0.3 is 37.2 Å². The number of carbonyl (C=O) groups is 3. The maximum absolute atomic E-state index is 13.3. The summed E-state index contributed by atoms with van der Waals surface area (Å²) in [5, 5.41) is 21.0. The molecule has 250 valence electrons. The summed E-state index contributed by atoms with van der Waals surface area (Å²) in [4.78, 5) is 55.3. The van der Waals surface area contributed by atoms with Gasteiger partial charge in [-0.05, 0) is 37.1 Å². The summed E-state index contributed by atoms with van der Waals surface area (Å²) in [5.74, 6) is -3.10. The smallest absolute Gasteiger partial charge is 0.362 e. The van der Waals surface area contributed by atoms with Gasteiger partial charge in [0.2, 0.25) is 0 Å². The van der Waals surface area contributed by atoms with Gasteiger partial charge >= 0.3 is 16.3 Å².